The van der Waals surface area contributed by atoms with E-state index in [1.165, 1.54) is 4.90 Å². The van der Waals surface area contributed by atoms with Gasteiger partial charge in [-0.25, -0.2) is 0 Å². The van der Waals surface area contributed by atoms with E-state index in [-0.39, 0.29) is 18.8 Å². The van der Waals surface area contributed by atoms with Gasteiger partial charge in [0.15, 0.2) is 5.69 Å². The van der Waals surface area contributed by atoms with Crippen molar-refractivity contribution in [2.75, 3.05) is 19.7 Å². The fraction of sp³-hybridized carbons (Fsp3) is 0.450. The smallest absolute Gasteiger partial charge is 0.432 e. The molecule has 3 rings (SSSR count). The van der Waals surface area contributed by atoms with E-state index in [1.54, 1.807) is 25.1 Å². The van der Waals surface area contributed by atoms with Gasteiger partial charge in [-0.15, -0.1) is 0 Å². The lowest BCUT2D eigenvalue weighted by Gasteiger charge is -2.41. The largest absolute Gasteiger partial charge is 0.466 e. The van der Waals surface area contributed by atoms with Gasteiger partial charge in [0, 0.05) is 24.2 Å². The predicted molar refractivity (Wildman–Crippen MR) is 103 cm³/mol. The van der Waals surface area contributed by atoms with Gasteiger partial charge in [0.25, 0.3) is 5.91 Å². The molecule has 1 atom stereocenters. The maximum Gasteiger partial charge on any atom is 0.432 e. The van der Waals surface area contributed by atoms with Gasteiger partial charge < -0.3 is 9.64 Å². The highest BCUT2D eigenvalue weighted by Crippen LogP contribution is 2.36. The van der Waals surface area contributed by atoms with Crippen molar-refractivity contribution < 1.29 is 27.5 Å². The first-order chi connectivity index (χ1) is 14.1. The third-order valence-corrected chi connectivity index (χ3v) is 5.34. The van der Waals surface area contributed by atoms with Crippen molar-refractivity contribution in [3.8, 4) is 0 Å². The number of hydrogen-bond donors (Lipinski definition) is 1. The number of alkyl halides is 3. The van der Waals surface area contributed by atoms with E-state index < -0.39 is 29.2 Å². The first kappa shape index (κ1) is 22.1. The molecular weight excluding hydrogens is 423 g/mol. The van der Waals surface area contributed by atoms with Crippen molar-refractivity contribution in [2.45, 2.75) is 32.4 Å². The number of aromatic amines is 1. The van der Waals surface area contributed by atoms with Gasteiger partial charge in [-0.1, -0.05) is 23.7 Å². The number of carbonyl (C=O) groups excluding carboxylic acids is 2. The summed E-state index contributed by atoms with van der Waals surface area (Å²) in [6.07, 6.45) is -3.35. The third kappa shape index (κ3) is 4.77. The molecule has 6 nitrogen and oxygen atoms in total. The minimum absolute atomic E-state index is 0.0192. The Morgan fingerprint density at radius 2 is 2.10 bits per heavy atom. The zero-order chi connectivity index (χ0) is 21.9. The van der Waals surface area contributed by atoms with Crippen molar-refractivity contribution in [1.29, 1.82) is 0 Å². The monoisotopic (exact) mass is 443 g/mol. The van der Waals surface area contributed by atoms with E-state index in [9.17, 15) is 22.8 Å². The summed E-state index contributed by atoms with van der Waals surface area (Å²) in [7, 11) is 0. The Kier molecular flexibility index (Phi) is 6.40. The quantitative estimate of drug-likeness (QED) is 0.706. The molecule has 1 amide bonds. The van der Waals surface area contributed by atoms with Crippen LogP contribution in [0.4, 0.5) is 13.2 Å². The number of likely N-dealkylation sites (tertiary alicyclic amines) is 1. The molecule has 0 unspecified atom stereocenters. The van der Waals surface area contributed by atoms with Crippen LogP contribution in [0.25, 0.3) is 0 Å². The molecule has 0 saturated carbocycles. The van der Waals surface area contributed by atoms with Crippen LogP contribution in [0, 0.1) is 5.41 Å². The van der Waals surface area contributed by atoms with Gasteiger partial charge in [0.2, 0.25) is 0 Å². The van der Waals surface area contributed by atoms with Gasteiger partial charge in [-0.3, -0.25) is 14.7 Å². The zero-order valence-corrected chi connectivity index (χ0v) is 17.0. The summed E-state index contributed by atoms with van der Waals surface area (Å²) in [6, 6.07) is 7.74. The highest BCUT2D eigenvalue weighted by atomic mass is 35.5. The molecule has 1 aromatic carbocycles. The number of ether oxygens (including phenoxy) is 1. The van der Waals surface area contributed by atoms with Gasteiger partial charge in [0.05, 0.1) is 12.0 Å². The van der Waals surface area contributed by atoms with Gasteiger partial charge in [-0.05, 0) is 43.9 Å². The highest BCUT2D eigenvalue weighted by Gasteiger charge is 2.45. The molecule has 10 heteroatoms. The molecule has 0 bridgehead atoms. The lowest BCUT2D eigenvalue weighted by molar-refractivity contribution is -0.158. The first-order valence-electron chi connectivity index (χ1n) is 9.48. The summed E-state index contributed by atoms with van der Waals surface area (Å²) in [5.41, 5.74) is -1.65. The molecule has 162 valence electrons. The van der Waals surface area contributed by atoms with Crippen LogP contribution in [0.1, 0.15) is 41.5 Å². The average molecular weight is 444 g/mol. The standard InChI is InChI=1S/C20H21ClF3N3O3/c1-2-30-18(29)19(11-13-5-3-6-14(21)9-13)7-4-8-27(12-19)17(28)15-10-16(26-25-15)20(22,23)24/h3,5-6,9-10H,2,4,7-8,11-12H2,1H3,(H,25,26)/t19-/m1/s1. The van der Waals surface area contributed by atoms with Crippen molar-refractivity contribution in [1.82, 2.24) is 15.1 Å². The normalized spacial score (nSPS) is 19.6. The maximum atomic E-state index is 12.9. The van der Waals surface area contributed by atoms with E-state index in [2.05, 4.69) is 5.10 Å². The molecule has 1 aromatic heterocycles. The number of piperidine rings is 1. The Hall–Kier alpha value is -2.55. The Morgan fingerprint density at radius 3 is 2.73 bits per heavy atom. The number of nitrogens with zero attached hydrogens (tertiary/aromatic N) is 2. The molecule has 2 heterocycles. The summed E-state index contributed by atoms with van der Waals surface area (Å²) < 4.78 is 43.8. The van der Waals surface area contributed by atoms with Gasteiger partial charge in [0.1, 0.15) is 5.69 Å². The average Bonchev–Trinajstić information content (AvgIpc) is 3.18. The fourth-order valence-corrected chi connectivity index (χ4v) is 3.96. The Bertz CT molecular complexity index is 931. The summed E-state index contributed by atoms with van der Waals surface area (Å²) in [5.74, 6) is -1.11. The van der Waals surface area contributed by atoms with Crippen LogP contribution in [0.15, 0.2) is 30.3 Å². The number of H-pyrrole nitrogens is 1. The molecule has 2 aromatic rings. The molecule has 30 heavy (non-hydrogen) atoms. The van der Waals surface area contributed by atoms with Crippen LogP contribution in [0.2, 0.25) is 5.02 Å². The predicted octanol–water partition coefficient (Wildman–Crippen LogP) is 4.11. The SMILES string of the molecule is CCOC(=O)[C@@]1(Cc2cccc(Cl)c2)CCCN(C(=O)c2cc(C(F)(F)F)[nH]n2)C1. The third-order valence-electron chi connectivity index (χ3n) is 5.11. The lowest BCUT2D eigenvalue weighted by atomic mass is 9.75. The van der Waals surface area contributed by atoms with E-state index in [0.717, 1.165) is 5.56 Å². The second-order valence-electron chi connectivity index (χ2n) is 7.30. The van der Waals surface area contributed by atoms with E-state index in [0.29, 0.717) is 36.9 Å². The van der Waals surface area contributed by atoms with Crippen molar-refractivity contribution in [3.05, 3.63) is 52.3 Å². The number of nitrogens with one attached hydrogen (secondary N) is 1. The van der Waals surface area contributed by atoms with Gasteiger partial charge >= 0.3 is 12.1 Å². The minimum Gasteiger partial charge on any atom is -0.466 e. The maximum absolute atomic E-state index is 12.9. The number of esters is 1. The second kappa shape index (κ2) is 8.67. The van der Waals surface area contributed by atoms with Crippen LogP contribution in [0.3, 0.4) is 0 Å². The molecule has 1 saturated heterocycles. The topological polar surface area (TPSA) is 75.3 Å². The molecule has 1 aliphatic heterocycles. The fourth-order valence-electron chi connectivity index (χ4n) is 3.75. The number of carbonyl (C=O) groups is 2. The van der Waals surface area contributed by atoms with Crippen LogP contribution in [-0.4, -0.2) is 46.7 Å². The van der Waals surface area contributed by atoms with Crippen molar-refractivity contribution in [2.24, 2.45) is 5.41 Å². The van der Waals surface area contributed by atoms with Gasteiger partial charge in [-0.2, -0.15) is 18.3 Å². The van der Waals surface area contributed by atoms with E-state index >= 15 is 0 Å². The first-order valence-corrected chi connectivity index (χ1v) is 9.86. The summed E-state index contributed by atoms with van der Waals surface area (Å²) in [5, 5.41) is 5.88. The second-order valence-corrected chi connectivity index (χ2v) is 7.74. The Morgan fingerprint density at radius 1 is 1.33 bits per heavy atom. The van der Waals surface area contributed by atoms with Crippen molar-refractivity contribution in [3.63, 3.8) is 0 Å². The molecular formula is C20H21ClF3N3O3. The van der Waals surface area contributed by atoms with Crippen molar-refractivity contribution >= 4 is 23.5 Å². The number of aromatic nitrogens is 2. The molecule has 1 N–H and O–H groups in total. The zero-order valence-electron chi connectivity index (χ0n) is 16.3. The lowest BCUT2D eigenvalue weighted by Crippen LogP contribution is -2.51. The molecule has 0 aliphatic carbocycles. The Balaban J connectivity index is 1.86. The van der Waals surface area contributed by atoms with E-state index in [1.807, 2.05) is 11.2 Å². The molecule has 1 aliphatic rings. The number of hydrogen-bond acceptors (Lipinski definition) is 4. The molecule has 0 radical (unpaired) electrons. The van der Waals surface area contributed by atoms with E-state index in [4.69, 9.17) is 16.3 Å². The summed E-state index contributed by atoms with van der Waals surface area (Å²) in [6.45, 7) is 2.20. The number of rotatable bonds is 5. The number of halogens is 4. The minimum atomic E-state index is -4.63. The van der Waals surface area contributed by atoms with Crippen LogP contribution in [0.5, 0.6) is 0 Å². The number of benzene rings is 1. The van der Waals surface area contributed by atoms with Crippen LogP contribution >= 0.6 is 11.6 Å². The van der Waals surface area contributed by atoms with Crippen LogP contribution in [-0.2, 0) is 22.1 Å². The summed E-state index contributed by atoms with van der Waals surface area (Å²) >= 11 is 6.06. The molecule has 1 fully saturated rings. The molecule has 0 spiro atoms. The number of amides is 1. The Labute approximate surface area is 176 Å². The summed E-state index contributed by atoms with van der Waals surface area (Å²) in [4.78, 5) is 27.1. The highest BCUT2D eigenvalue weighted by molar-refractivity contribution is 6.30. The van der Waals surface area contributed by atoms with Crippen LogP contribution < -0.4 is 0 Å².